The molecule has 0 aliphatic carbocycles. The Morgan fingerprint density at radius 2 is 1.76 bits per heavy atom. The molecule has 0 saturated heterocycles. The van der Waals surface area contributed by atoms with Gasteiger partial charge in [0.15, 0.2) is 0 Å². The lowest BCUT2D eigenvalue weighted by Gasteiger charge is -2.38. The van der Waals surface area contributed by atoms with Crippen LogP contribution in [0.4, 0.5) is 4.79 Å². The first-order valence-electron chi connectivity index (χ1n) is 13.6. The zero-order valence-corrected chi connectivity index (χ0v) is 24.1. The van der Waals surface area contributed by atoms with Crippen LogP contribution in [0.3, 0.4) is 0 Å². The molecule has 1 rings (SSSR count). The van der Waals surface area contributed by atoms with E-state index in [0.29, 0.717) is 24.4 Å². The third-order valence-electron chi connectivity index (χ3n) is 6.03. The van der Waals surface area contributed by atoms with Gasteiger partial charge in [0.2, 0.25) is 11.8 Å². The van der Waals surface area contributed by atoms with Crippen molar-refractivity contribution in [2.24, 2.45) is 5.92 Å². The van der Waals surface area contributed by atoms with Crippen molar-refractivity contribution >= 4 is 17.9 Å². The van der Waals surface area contributed by atoms with Gasteiger partial charge in [-0.2, -0.15) is 0 Å². The van der Waals surface area contributed by atoms with Crippen molar-refractivity contribution < 1.29 is 24.2 Å². The molecule has 0 heterocycles. The van der Waals surface area contributed by atoms with Crippen LogP contribution in [0.2, 0.25) is 0 Å². The fourth-order valence-corrected chi connectivity index (χ4v) is 4.09. The SMILES string of the molecule is CCCCCNC(=O)C(c1cccc(C)c1)N(C(=O)C(CO)NC(=O)OC(C)(C)C)C(C)CCC(C)C. The summed E-state index contributed by atoms with van der Waals surface area (Å²) >= 11 is 0. The van der Waals surface area contributed by atoms with Crippen molar-refractivity contribution in [2.45, 2.75) is 111 Å². The number of aryl methyl sites for hydroxylation is 1. The molecular weight excluding hydrogens is 470 g/mol. The van der Waals surface area contributed by atoms with E-state index >= 15 is 0 Å². The minimum absolute atomic E-state index is 0.277. The maximum absolute atomic E-state index is 14.0. The largest absolute Gasteiger partial charge is 0.444 e. The fourth-order valence-electron chi connectivity index (χ4n) is 4.09. The lowest BCUT2D eigenvalue weighted by molar-refractivity contribution is -0.146. The average Bonchev–Trinajstić information content (AvgIpc) is 2.80. The van der Waals surface area contributed by atoms with Gasteiger partial charge >= 0.3 is 6.09 Å². The van der Waals surface area contributed by atoms with Crippen molar-refractivity contribution in [3.8, 4) is 0 Å². The van der Waals surface area contributed by atoms with Crippen molar-refractivity contribution in [2.75, 3.05) is 13.2 Å². The van der Waals surface area contributed by atoms with Gasteiger partial charge in [-0.05, 0) is 65.4 Å². The van der Waals surface area contributed by atoms with Gasteiger partial charge in [0.1, 0.15) is 17.7 Å². The normalized spacial score (nSPS) is 14.0. The molecule has 3 unspecified atom stereocenters. The van der Waals surface area contributed by atoms with Gasteiger partial charge in [0.05, 0.1) is 6.61 Å². The second-order valence-corrected chi connectivity index (χ2v) is 11.3. The summed E-state index contributed by atoms with van der Waals surface area (Å²) in [6, 6.07) is 5.06. The van der Waals surface area contributed by atoms with Gasteiger partial charge in [0.25, 0.3) is 0 Å². The zero-order chi connectivity index (χ0) is 28.2. The van der Waals surface area contributed by atoms with E-state index in [0.717, 1.165) is 31.2 Å². The molecular formula is C29H49N3O5. The van der Waals surface area contributed by atoms with Crippen LogP contribution in [-0.2, 0) is 14.3 Å². The maximum Gasteiger partial charge on any atom is 0.408 e. The molecule has 1 aromatic rings. The molecule has 3 amide bonds. The molecule has 0 aromatic heterocycles. The van der Waals surface area contributed by atoms with E-state index in [4.69, 9.17) is 4.74 Å². The van der Waals surface area contributed by atoms with E-state index in [-0.39, 0.29) is 11.9 Å². The number of hydrogen-bond donors (Lipinski definition) is 3. The van der Waals surface area contributed by atoms with Crippen LogP contribution in [-0.4, -0.2) is 58.8 Å². The van der Waals surface area contributed by atoms with E-state index in [1.165, 1.54) is 4.90 Å². The number of alkyl carbamates (subject to hydrolysis) is 1. The van der Waals surface area contributed by atoms with Crippen LogP contribution in [0.1, 0.15) is 97.7 Å². The summed E-state index contributed by atoms with van der Waals surface area (Å²) in [6.07, 6.45) is 3.59. The molecule has 0 aliphatic rings. The summed E-state index contributed by atoms with van der Waals surface area (Å²) in [5.74, 6) is -0.395. The summed E-state index contributed by atoms with van der Waals surface area (Å²) < 4.78 is 5.31. The van der Waals surface area contributed by atoms with E-state index < -0.39 is 36.3 Å². The third kappa shape index (κ3) is 11.5. The second-order valence-electron chi connectivity index (χ2n) is 11.3. The number of nitrogens with zero attached hydrogens (tertiary/aromatic N) is 1. The number of aliphatic hydroxyl groups excluding tert-OH is 1. The first kappa shape index (κ1) is 32.4. The highest BCUT2D eigenvalue weighted by molar-refractivity contribution is 5.92. The van der Waals surface area contributed by atoms with Crippen molar-refractivity contribution in [1.29, 1.82) is 0 Å². The number of unbranched alkanes of at least 4 members (excludes halogenated alkanes) is 2. The Labute approximate surface area is 223 Å². The van der Waals surface area contributed by atoms with Crippen LogP contribution in [0, 0.1) is 12.8 Å². The number of carbonyl (C=O) groups is 3. The van der Waals surface area contributed by atoms with Gasteiger partial charge in [-0.1, -0.05) is 63.4 Å². The highest BCUT2D eigenvalue weighted by Gasteiger charge is 2.38. The minimum Gasteiger partial charge on any atom is -0.444 e. The quantitative estimate of drug-likeness (QED) is 0.304. The molecule has 1 aromatic carbocycles. The smallest absolute Gasteiger partial charge is 0.408 e. The maximum atomic E-state index is 14.0. The Hall–Kier alpha value is -2.61. The molecule has 3 atom stereocenters. The van der Waals surface area contributed by atoms with Gasteiger partial charge < -0.3 is 25.4 Å². The predicted molar refractivity (Wildman–Crippen MR) is 147 cm³/mol. The average molecular weight is 520 g/mol. The number of hydrogen-bond acceptors (Lipinski definition) is 5. The Morgan fingerprint density at radius 3 is 2.30 bits per heavy atom. The van der Waals surface area contributed by atoms with E-state index in [1.54, 1.807) is 20.8 Å². The molecule has 0 saturated carbocycles. The number of benzene rings is 1. The molecule has 210 valence electrons. The predicted octanol–water partition coefficient (Wildman–Crippen LogP) is 4.88. The zero-order valence-electron chi connectivity index (χ0n) is 24.1. The molecule has 0 fully saturated rings. The number of nitrogens with one attached hydrogen (secondary N) is 2. The highest BCUT2D eigenvalue weighted by atomic mass is 16.6. The Kier molecular flexibility index (Phi) is 13.7. The third-order valence-corrected chi connectivity index (χ3v) is 6.03. The summed E-state index contributed by atoms with van der Waals surface area (Å²) in [4.78, 5) is 41.6. The van der Waals surface area contributed by atoms with Crippen LogP contribution in [0.5, 0.6) is 0 Å². The first-order chi connectivity index (χ1) is 17.3. The molecule has 0 aliphatic heterocycles. The Morgan fingerprint density at radius 1 is 1.08 bits per heavy atom. The van der Waals surface area contributed by atoms with E-state index in [1.807, 2.05) is 38.1 Å². The summed E-state index contributed by atoms with van der Waals surface area (Å²) in [6.45, 7) is 15.2. The van der Waals surface area contributed by atoms with Gasteiger partial charge in [-0.3, -0.25) is 9.59 Å². The van der Waals surface area contributed by atoms with E-state index in [2.05, 4.69) is 31.4 Å². The van der Waals surface area contributed by atoms with Gasteiger partial charge in [0, 0.05) is 12.6 Å². The highest BCUT2D eigenvalue weighted by Crippen LogP contribution is 2.28. The molecule has 8 heteroatoms. The lowest BCUT2D eigenvalue weighted by atomic mass is 9.96. The van der Waals surface area contributed by atoms with E-state index in [9.17, 15) is 19.5 Å². The molecule has 37 heavy (non-hydrogen) atoms. The standard InChI is InChI=1S/C29H49N3O5/c1-9-10-11-17-30-26(34)25(23-14-12-13-21(4)18-23)32(22(5)16-15-20(2)3)27(35)24(19-33)31-28(36)37-29(6,7)8/h12-14,18,20,22,24-25,33H,9-11,15-17,19H2,1-8H3,(H,30,34)(H,31,36). The topological polar surface area (TPSA) is 108 Å². The monoisotopic (exact) mass is 519 g/mol. The number of rotatable bonds is 14. The van der Waals surface area contributed by atoms with Crippen molar-refractivity contribution in [3.05, 3.63) is 35.4 Å². The Balaban J connectivity index is 3.45. The summed E-state index contributed by atoms with van der Waals surface area (Å²) in [5.41, 5.74) is 0.889. The number of aliphatic hydroxyl groups is 1. The summed E-state index contributed by atoms with van der Waals surface area (Å²) in [5, 5.41) is 15.6. The van der Waals surface area contributed by atoms with Crippen LogP contribution >= 0.6 is 0 Å². The minimum atomic E-state index is -1.25. The number of amides is 3. The van der Waals surface area contributed by atoms with Crippen LogP contribution in [0.15, 0.2) is 24.3 Å². The van der Waals surface area contributed by atoms with Gasteiger partial charge in [-0.25, -0.2) is 4.79 Å². The Bertz CT molecular complexity index is 865. The first-order valence-corrected chi connectivity index (χ1v) is 13.6. The molecule has 3 N–H and O–H groups in total. The van der Waals surface area contributed by atoms with Crippen LogP contribution in [0.25, 0.3) is 0 Å². The lowest BCUT2D eigenvalue weighted by Crippen LogP contribution is -2.56. The second kappa shape index (κ2) is 15.6. The van der Waals surface area contributed by atoms with Crippen LogP contribution < -0.4 is 10.6 Å². The molecule has 8 nitrogen and oxygen atoms in total. The summed E-state index contributed by atoms with van der Waals surface area (Å²) in [7, 11) is 0. The molecule has 0 bridgehead atoms. The molecule has 0 radical (unpaired) electrons. The van der Waals surface area contributed by atoms with Crippen molar-refractivity contribution in [3.63, 3.8) is 0 Å². The number of ether oxygens (including phenoxy) is 1. The molecule has 0 spiro atoms. The fraction of sp³-hybridized carbons (Fsp3) is 0.690. The van der Waals surface area contributed by atoms with Gasteiger partial charge in [-0.15, -0.1) is 0 Å². The number of carbonyl (C=O) groups excluding carboxylic acids is 3. The van der Waals surface area contributed by atoms with Crippen molar-refractivity contribution in [1.82, 2.24) is 15.5 Å².